The van der Waals surface area contributed by atoms with Crippen molar-refractivity contribution in [3.05, 3.63) is 138 Å². The molecule has 0 aliphatic carbocycles. The third-order valence-corrected chi connectivity index (χ3v) is 47.2. The fourth-order valence-electron chi connectivity index (χ4n) is 17.0. The van der Waals surface area contributed by atoms with Crippen molar-refractivity contribution in [1.29, 1.82) is 0 Å². The van der Waals surface area contributed by atoms with Crippen molar-refractivity contribution < 1.29 is 0 Å². The largest absolute Gasteiger partial charge is 0.261 e. The number of aromatic nitrogens is 1. The highest BCUT2D eigenvalue weighted by Crippen LogP contribution is 2.50. The van der Waals surface area contributed by atoms with Crippen molar-refractivity contribution in [3.8, 4) is 0 Å². The number of nitrogens with zero attached hydrogens (tertiary/aromatic N) is 1. The average Bonchev–Trinajstić information content (AvgIpc) is 1.72. The monoisotopic (exact) mass is 1400 g/mol. The van der Waals surface area contributed by atoms with E-state index in [0.29, 0.717) is 16.2 Å². The van der Waals surface area contributed by atoms with Gasteiger partial charge in [0.15, 0.2) is 0 Å². The fraction of sp³-hybridized carbons (Fsp3) is 0.739. The third-order valence-electron chi connectivity index (χ3n) is 23.6. The van der Waals surface area contributed by atoms with Crippen molar-refractivity contribution in [2.75, 3.05) is 0 Å². The van der Waals surface area contributed by atoms with Crippen LogP contribution in [0.4, 0.5) is 0 Å². The molecule has 7 heterocycles. The summed E-state index contributed by atoms with van der Waals surface area (Å²) in [6.07, 6.45) is 23.0. The Morgan fingerprint density at radius 1 is 0.421 bits per heavy atom. The van der Waals surface area contributed by atoms with Gasteiger partial charge in [-0.1, -0.05) is 432 Å². The predicted molar refractivity (Wildman–Crippen MR) is 456 cm³/mol. The summed E-state index contributed by atoms with van der Waals surface area (Å²) in [7, 11) is -4.21. The number of hydrogen-bond donors (Lipinski definition) is 0. The zero-order valence-corrected chi connectivity index (χ0v) is 75.5. The van der Waals surface area contributed by atoms with Gasteiger partial charge in [0.05, 0.1) is 24.2 Å². The molecular formula is C88H165NSi6. The highest BCUT2D eigenvalue weighted by molar-refractivity contribution is 6.81. The molecule has 6 atom stereocenters. The smallest absolute Gasteiger partial charge is 0.0510 e. The van der Waals surface area contributed by atoms with Crippen LogP contribution < -0.4 is 0 Å². The lowest BCUT2D eigenvalue weighted by Crippen LogP contribution is -2.34. The van der Waals surface area contributed by atoms with E-state index in [4.69, 9.17) is 0 Å². The maximum absolute atomic E-state index is 4.10. The lowest BCUT2D eigenvalue weighted by atomic mass is 9.81. The summed E-state index contributed by atoms with van der Waals surface area (Å²) in [6.45, 7) is 72.4. The molecule has 10 rings (SSSR count). The van der Waals surface area contributed by atoms with Gasteiger partial charge in [0.1, 0.15) is 0 Å². The van der Waals surface area contributed by atoms with Gasteiger partial charge in [0.2, 0.25) is 0 Å². The summed E-state index contributed by atoms with van der Waals surface area (Å²) in [5.41, 5.74) is 10.2. The van der Waals surface area contributed by atoms with Crippen LogP contribution in [0, 0.1) is 40.4 Å². The van der Waals surface area contributed by atoms with Gasteiger partial charge in [-0.15, -0.1) is 0 Å². The Balaban J connectivity index is 0.000000529. The van der Waals surface area contributed by atoms with E-state index in [9.17, 15) is 0 Å². The molecule has 1 nitrogen and oxygen atoms in total. The van der Waals surface area contributed by atoms with Crippen molar-refractivity contribution in [1.82, 2.24) is 4.98 Å². The first kappa shape index (κ1) is 91.1. The maximum atomic E-state index is 4.10. The number of rotatable bonds is 8. The highest BCUT2D eigenvalue weighted by atomic mass is 28.3. The Morgan fingerprint density at radius 3 is 1.14 bits per heavy atom. The molecule has 3 aromatic carbocycles. The topological polar surface area (TPSA) is 12.9 Å². The number of aryl methyl sites for hydroxylation is 3. The van der Waals surface area contributed by atoms with Crippen LogP contribution in [0.25, 0.3) is 0 Å². The molecule has 6 aliphatic rings. The number of pyridine rings is 1. The van der Waals surface area contributed by atoms with Crippen LogP contribution in [-0.4, -0.2) is 53.4 Å². The Labute approximate surface area is 603 Å². The van der Waals surface area contributed by atoms with Gasteiger partial charge < -0.3 is 0 Å². The second-order valence-corrected chi connectivity index (χ2v) is 70.3. The van der Waals surface area contributed by atoms with Crippen LogP contribution >= 0.6 is 0 Å². The number of benzene rings is 3. The highest BCUT2D eigenvalue weighted by Gasteiger charge is 2.43. The van der Waals surface area contributed by atoms with Crippen LogP contribution in [-0.2, 0) is 24.7 Å². The molecule has 7 heteroatoms. The molecular weight excluding hydrogens is 1240 g/mol. The molecule has 95 heavy (non-hydrogen) atoms. The first-order valence-corrected chi connectivity index (χ1v) is 60.0. The minimum absolute atomic E-state index is 0.293. The third kappa shape index (κ3) is 38.6. The summed E-state index contributed by atoms with van der Waals surface area (Å²) < 4.78 is 0. The molecule has 546 valence electrons. The van der Waals surface area contributed by atoms with Gasteiger partial charge in [-0.3, -0.25) is 4.98 Å². The van der Waals surface area contributed by atoms with Gasteiger partial charge in [0.25, 0.3) is 0 Å². The van der Waals surface area contributed by atoms with E-state index in [1.54, 1.807) is 54.4 Å². The summed E-state index contributed by atoms with van der Waals surface area (Å²) >= 11 is 0. The average molecular weight is 1410 g/mol. The Morgan fingerprint density at radius 2 is 0.895 bits per heavy atom. The normalized spacial score (nSPS) is 23.7. The zero-order valence-electron chi connectivity index (χ0n) is 69.5. The van der Waals surface area contributed by atoms with Crippen LogP contribution in [0.15, 0.2) is 115 Å². The van der Waals surface area contributed by atoms with Crippen LogP contribution in [0.3, 0.4) is 0 Å². The lowest BCUT2D eigenvalue weighted by Gasteiger charge is -2.36. The molecule has 0 saturated carbocycles. The van der Waals surface area contributed by atoms with Gasteiger partial charge in [-0.25, -0.2) is 0 Å². The fourth-order valence-corrected chi connectivity index (χ4v) is 40.1. The Hall–Kier alpha value is -1.89. The SMILES string of the molecule is CC(C)(C)C1CCC[Si]1(C)C.CC(C)(C)C1CC[Si](C)(C)C1.CC(C)(C)c1ccccc1.CC(C)C1CCC[Si]1(C)C.CC(C)C1CC[Si](C)(C)C1.CCC1CCC[Si]1(C)C.CCC1CC[Si](C)(C)C1.CCCc1ccccc1.CCc1ccccc1.CCc1ccccn1. The molecule has 6 unspecified atom stereocenters. The molecule has 0 radical (unpaired) electrons. The minimum atomic E-state index is -0.805. The van der Waals surface area contributed by atoms with E-state index in [1.807, 2.05) is 30.5 Å². The Bertz CT molecular complexity index is 2470. The maximum Gasteiger partial charge on any atom is 0.0510 e. The second kappa shape index (κ2) is 43.8. The predicted octanol–water partition coefficient (Wildman–Crippen LogP) is 30.5. The van der Waals surface area contributed by atoms with E-state index >= 15 is 0 Å². The summed E-state index contributed by atoms with van der Waals surface area (Å²) in [5.74, 6) is 5.08. The summed E-state index contributed by atoms with van der Waals surface area (Å²) in [6, 6.07) is 51.8. The van der Waals surface area contributed by atoms with E-state index < -0.39 is 48.4 Å². The molecule has 4 aromatic rings. The van der Waals surface area contributed by atoms with E-state index in [-0.39, 0.29) is 0 Å². The molecule has 6 saturated heterocycles. The van der Waals surface area contributed by atoms with Crippen molar-refractivity contribution >= 4 is 48.4 Å². The molecule has 0 bridgehead atoms. The molecule has 1 aromatic heterocycles. The van der Waals surface area contributed by atoms with Gasteiger partial charge in [0, 0.05) is 36.1 Å². The van der Waals surface area contributed by atoms with E-state index in [1.165, 1.54) is 100 Å². The zero-order chi connectivity index (χ0) is 72.5. The molecule has 0 N–H and O–H groups in total. The van der Waals surface area contributed by atoms with Crippen LogP contribution in [0.5, 0.6) is 0 Å². The Kier molecular flexibility index (Phi) is 42.0. The number of hydrogen-bond acceptors (Lipinski definition) is 1. The molecule has 6 aliphatic heterocycles. The van der Waals surface area contributed by atoms with Gasteiger partial charge in [-0.2, -0.15) is 0 Å². The first-order chi connectivity index (χ1) is 43.9. The van der Waals surface area contributed by atoms with Crippen molar-refractivity contribution in [2.24, 2.45) is 40.4 Å². The van der Waals surface area contributed by atoms with E-state index in [2.05, 4.69) is 293 Å². The van der Waals surface area contributed by atoms with Crippen molar-refractivity contribution in [2.45, 2.75) is 376 Å². The molecule has 0 spiro atoms. The second-order valence-electron chi connectivity index (χ2n) is 38.9. The lowest BCUT2D eigenvalue weighted by molar-refractivity contribution is 0.264. The van der Waals surface area contributed by atoms with Crippen LogP contribution in [0.1, 0.15) is 224 Å². The minimum Gasteiger partial charge on any atom is -0.261 e. The molecule has 6 fully saturated rings. The quantitative estimate of drug-likeness (QED) is 0.160. The molecule has 0 amide bonds. The summed E-state index contributed by atoms with van der Waals surface area (Å²) in [5, 5.41) is 0. The van der Waals surface area contributed by atoms with E-state index in [0.717, 1.165) is 64.7 Å². The van der Waals surface area contributed by atoms with Gasteiger partial charge >= 0.3 is 0 Å². The van der Waals surface area contributed by atoms with Crippen LogP contribution in [0.2, 0.25) is 150 Å². The summed E-state index contributed by atoms with van der Waals surface area (Å²) in [4.78, 5) is 4.10. The first-order valence-electron chi connectivity index (χ1n) is 39.9. The van der Waals surface area contributed by atoms with Gasteiger partial charge in [-0.05, 0) is 111 Å². The van der Waals surface area contributed by atoms with Crippen molar-refractivity contribution in [3.63, 3.8) is 0 Å². The standard InChI is InChI=1S/2C10H22Si.C10H14.2C9H20Si.C9H12.2C8H18Si.C8H10.C7H9N/c1-10(2,3)9-6-7-11(4,5)8-9;1-10(2,3)9-7-6-8-11(9,4)5;1-10(2,3)9-7-5-4-6-8-9;1-8(2)9-5-6-10(3,4)7-9;1-8(2)9-6-5-7-10(9,3)4;1-2-6-9-7-4-3-5-8-9;1-4-8-5-6-9(2,3)7-8;1-4-8-6-5-7-9(8,2)3;1-2-8-6-4-3-5-7-8;1-2-7-5-3-4-6-8-7/h2*9H,6-8H2,1-5H3;4-8H,1-3H3;2*8-9H,5-7H2,1-4H3;3-5,7-8H,2,6H2,1H3;2*8H,4-7H2,1-3H3;3-7H,2H2,1H3;3-6H,2H2,1H3.